The third kappa shape index (κ3) is 4.04. The lowest BCUT2D eigenvalue weighted by molar-refractivity contribution is -0.138. The molecule has 36 heavy (non-hydrogen) atoms. The summed E-state index contributed by atoms with van der Waals surface area (Å²) in [6.07, 6.45) is -1.16. The van der Waals surface area contributed by atoms with Crippen LogP contribution in [0.2, 0.25) is 0 Å². The standard InChI is InChI=1S/C27H28F3N3O3/c1-26-15-13-24(35)33(26)22-8-3-2-6-20(22)25(36)32(26)17-14-23(34)31-16-5-4-7-21(31)18-9-11-19(12-10-18)27(28,29)30/h2-3,6,8-12,21H,4-5,7,13-17H2,1H3/t21-,26-/m0/s1. The molecule has 3 aliphatic rings. The summed E-state index contributed by atoms with van der Waals surface area (Å²) in [6, 6.07) is 11.8. The Morgan fingerprint density at radius 1 is 1.06 bits per heavy atom. The molecular formula is C27H28F3N3O3. The van der Waals surface area contributed by atoms with Crippen LogP contribution >= 0.6 is 0 Å². The van der Waals surface area contributed by atoms with Gasteiger partial charge in [-0.3, -0.25) is 19.3 Å². The summed E-state index contributed by atoms with van der Waals surface area (Å²) in [6.45, 7) is 2.54. The number of para-hydroxylation sites is 1. The number of alkyl halides is 3. The highest BCUT2D eigenvalue weighted by molar-refractivity contribution is 6.10. The predicted octanol–water partition coefficient (Wildman–Crippen LogP) is 5.15. The number of piperidine rings is 1. The molecule has 2 saturated heterocycles. The van der Waals surface area contributed by atoms with Gasteiger partial charge in [-0.1, -0.05) is 24.3 Å². The van der Waals surface area contributed by atoms with Gasteiger partial charge in [0.2, 0.25) is 11.8 Å². The minimum Gasteiger partial charge on any atom is -0.336 e. The Hall–Kier alpha value is -3.36. The molecule has 0 spiro atoms. The van der Waals surface area contributed by atoms with Crippen molar-refractivity contribution in [3.05, 3.63) is 65.2 Å². The maximum Gasteiger partial charge on any atom is 0.416 e. The number of fused-ring (bicyclic) bond motifs is 3. The normalized spacial score (nSPS) is 24.1. The quantitative estimate of drug-likeness (QED) is 0.585. The van der Waals surface area contributed by atoms with Crippen LogP contribution in [0, 0.1) is 0 Å². The topological polar surface area (TPSA) is 60.9 Å². The summed E-state index contributed by atoms with van der Waals surface area (Å²) >= 11 is 0. The number of nitrogens with zero attached hydrogens (tertiary/aromatic N) is 3. The monoisotopic (exact) mass is 499 g/mol. The number of anilines is 1. The number of likely N-dealkylation sites (tertiary alicyclic amines) is 1. The highest BCUT2D eigenvalue weighted by atomic mass is 19.4. The minimum absolute atomic E-state index is 0.0489. The highest BCUT2D eigenvalue weighted by Crippen LogP contribution is 2.44. The van der Waals surface area contributed by atoms with Crippen LogP contribution in [0.1, 0.15) is 73.0 Å². The molecule has 2 fully saturated rings. The molecule has 3 heterocycles. The fourth-order valence-electron chi connectivity index (χ4n) is 5.86. The molecular weight excluding hydrogens is 471 g/mol. The number of benzene rings is 2. The Kier molecular flexibility index (Phi) is 6.04. The van der Waals surface area contributed by atoms with E-state index < -0.39 is 17.4 Å². The van der Waals surface area contributed by atoms with Gasteiger partial charge in [0.05, 0.1) is 22.9 Å². The largest absolute Gasteiger partial charge is 0.416 e. The van der Waals surface area contributed by atoms with Crippen molar-refractivity contribution in [2.45, 2.75) is 63.3 Å². The second-order valence-electron chi connectivity index (χ2n) is 9.89. The summed E-state index contributed by atoms with van der Waals surface area (Å²) in [7, 11) is 0. The fourth-order valence-corrected chi connectivity index (χ4v) is 5.86. The molecule has 0 N–H and O–H groups in total. The molecule has 2 aromatic rings. The van der Waals surface area contributed by atoms with Gasteiger partial charge >= 0.3 is 6.18 Å². The van der Waals surface area contributed by atoms with E-state index in [1.165, 1.54) is 12.1 Å². The molecule has 0 unspecified atom stereocenters. The van der Waals surface area contributed by atoms with Crippen molar-refractivity contribution in [3.63, 3.8) is 0 Å². The Labute approximate surface area is 207 Å². The van der Waals surface area contributed by atoms with E-state index in [9.17, 15) is 27.6 Å². The van der Waals surface area contributed by atoms with Gasteiger partial charge in [-0.15, -0.1) is 0 Å². The van der Waals surface area contributed by atoms with E-state index in [2.05, 4.69) is 0 Å². The number of amides is 3. The SMILES string of the molecule is C[C@@]12CCC(=O)N1c1ccccc1C(=O)N2CCC(=O)N1CCCC[C@H]1c1ccc(C(F)(F)F)cc1. The smallest absolute Gasteiger partial charge is 0.336 e. The molecule has 0 radical (unpaired) electrons. The van der Waals surface area contributed by atoms with E-state index in [0.717, 1.165) is 25.0 Å². The molecule has 0 saturated carbocycles. The second kappa shape index (κ2) is 8.94. The van der Waals surface area contributed by atoms with Crippen LogP contribution in [0.5, 0.6) is 0 Å². The van der Waals surface area contributed by atoms with E-state index >= 15 is 0 Å². The number of rotatable bonds is 4. The van der Waals surface area contributed by atoms with Gasteiger partial charge in [0.1, 0.15) is 5.66 Å². The lowest BCUT2D eigenvalue weighted by Crippen LogP contribution is -2.62. The summed E-state index contributed by atoms with van der Waals surface area (Å²) in [4.78, 5) is 44.6. The van der Waals surface area contributed by atoms with Crippen molar-refractivity contribution in [3.8, 4) is 0 Å². The second-order valence-corrected chi connectivity index (χ2v) is 9.89. The van der Waals surface area contributed by atoms with Crippen molar-refractivity contribution < 1.29 is 27.6 Å². The zero-order valence-corrected chi connectivity index (χ0v) is 20.1. The van der Waals surface area contributed by atoms with Crippen LogP contribution in [0.15, 0.2) is 48.5 Å². The van der Waals surface area contributed by atoms with Gasteiger partial charge in [0, 0.05) is 25.9 Å². The number of carbonyl (C=O) groups excluding carboxylic acids is 3. The highest BCUT2D eigenvalue weighted by Gasteiger charge is 2.53. The predicted molar refractivity (Wildman–Crippen MR) is 127 cm³/mol. The number of carbonyl (C=O) groups is 3. The van der Waals surface area contributed by atoms with Crippen LogP contribution in [0.3, 0.4) is 0 Å². The summed E-state index contributed by atoms with van der Waals surface area (Å²) in [5.74, 6) is -0.400. The molecule has 0 aromatic heterocycles. The first-order valence-electron chi connectivity index (χ1n) is 12.3. The van der Waals surface area contributed by atoms with Gasteiger partial charge in [0.15, 0.2) is 0 Å². The average molecular weight is 500 g/mol. The molecule has 9 heteroatoms. The van der Waals surface area contributed by atoms with Crippen LogP contribution in [-0.2, 0) is 15.8 Å². The number of halogens is 3. The van der Waals surface area contributed by atoms with Crippen LogP contribution in [0.25, 0.3) is 0 Å². The van der Waals surface area contributed by atoms with Crippen molar-refractivity contribution in [2.75, 3.05) is 18.0 Å². The first-order chi connectivity index (χ1) is 17.1. The van der Waals surface area contributed by atoms with E-state index in [0.29, 0.717) is 42.6 Å². The van der Waals surface area contributed by atoms with Gasteiger partial charge in [-0.05, 0) is 62.4 Å². The molecule has 190 valence electrons. The average Bonchev–Trinajstić information content (AvgIpc) is 3.18. The zero-order valence-electron chi connectivity index (χ0n) is 20.1. The van der Waals surface area contributed by atoms with Gasteiger partial charge in [-0.2, -0.15) is 13.2 Å². The maximum atomic E-state index is 13.4. The number of hydrogen-bond donors (Lipinski definition) is 0. The lowest BCUT2D eigenvalue weighted by atomic mass is 9.94. The Balaban J connectivity index is 1.35. The van der Waals surface area contributed by atoms with Crippen LogP contribution in [0.4, 0.5) is 18.9 Å². The summed E-state index contributed by atoms with van der Waals surface area (Å²) in [5.41, 5.74) is 0.176. The zero-order chi connectivity index (χ0) is 25.7. The van der Waals surface area contributed by atoms with Crippen molar-refractivity contribution >= 4 is 23.4 Å². The fraction of sp³-hybridized carbons (Fsp3) is 0.444. The molecule has 2 aromatic carbocycles. The van der Waals surface area contributed by atoms with Crippen molar-refractivity contribution in [1.29, 1.82) is 0 Å². The Morgan fingerprint density at radius 3 is 2.50 bits per heavy atom. The third-order valence-electron chi connectivity index (χ3n) is 7.74. The molecule has 0 bridgehead atoms. The molecule has 5 rings (SSSR count). The first kappa shape index (κ1) is 24.3. The van der Waals surface area contributed by atoms with E-state index in [-0.39, 0.29) is 36.7 Å². The van der Waals surface area contributed by atoms with Crippen molar-refractivity contribution in [1.82, 2.24) is 9.80 Å². The number of hydrogen-bond acceptors (Lipinski definition) is 3. The van der Waals surface area contributed by atoms with E-state index in [4.69, 9.17) is 0 Å². The Bertz CT molecular complexity index is 1200. The molecule has 3 aliphatic heterocycles. The van der Waals surface area contributed by atoms with Crippen molar-refractivity contribution in [2.24, 2.45) is 0 Å². The summed E-state index contributed by atoms with van der Waals surface area (Å²) < 4.78 is 39.0. The van der Waals surface area contributed by atoms with E-state index in [1.54, 1.807) is 39.0 Å². The van der Waals surface area contributed by atoms with Crippen LogP contribution in [-0.4, -0.2) is 46.3 Å². The van der Waals surface area contributed by atoms with Gasteiger partial charge in [0.25, 0.3) is 5.91 Å². The van der Waals surface area contributed by atoms with Gasteiger partial charge < -0.3 is 9.80 Å². The molecule has 3 amide bonds. The minimum atomic E-state index is -4.41. The maximum absolute atomic E-state index is 13.4. The van der Waals surface area contributed by atoms with Gasteiger partial charge in [-0.25, -0.2) is 0 Å². The molecule has 6 nitrogen and oxygen atoms in total. The lowest BCUT2D eigenvalue weighted by Gasteiger charge is -2.49. The first-order valence-corrected chi connectivity index (χ1v) is 12.3. The van der Waals surface area contributed by atoms with Crippen LogP contribution < -0.4 is 4.90 Å². The summed E-state index contributed by atoms with van der Waals surface area (Å²) in [5, 5.41) is 0. The Morgan fingerprint density at radius 2 is 1.78 bits per heavy atom. The molecule has 0 aliphatic carbocycles. The third-order valence-corrected chi connectivity index (χ3v) is 7.74. The molecule has 2 atom stereocenters. The van der Waals surface area contributed by atoms with E-state index in [1.807, 2.05) is 6.92 Å².